The van der Waals surface area contributed by atoms with Gasteiger partial charge in [-0.25, -0.2) is 0 Å². The van der Waals surface area contributed by atoms with Crippen molar-refractivity contribution in [3.05, 3.63) is 29.8 Å². The number of thioether (sulfide) groups is 1. The van der Waals surface area contributed by atoms with Gasteiger partial charge in [0.1, 0.15) is 5.75 Å². The molecule has 0 N–H and O–H groups in total. The quantitative estimate of drug-likeness (QED) is 0.578. The summed E-state index contributed by atoms with van der Waals surface area (Å²) in [4.78, 5) is 0.795. The largest absolute Gasteiger partial charge is 0.306 e. The smallest absolute Gasteiger partial charge is 0.194 e. The summed E-state index contributed by atoms with van der Waals surface area (Å²) in [5.74, 6) is -0.538. The van der Waals surface area contributed by atoms with E-state index in [-0.39, 0.29) is 0 Å². The Morgan fingerprint density at radius 2 is 2.00 bits per heavy atom. The van der Waals surface area contributed by atoms with E-state index >= 15 is 0 Å². The van der Waals surface area contributed by atoms with Gasteiger partial charge in [-0.1, -0.05) is 18.2 Å². The number of hydrogen-bond donors (Lipinski definition) is 0. The molecule has 72 valence electrons. The van der Waals surface area contributed by atoms with Crippen molar-refractivity contribution >= 4 is 22.0 Å². The molecule has 0 aliphatic carbocycles. The lowest BCUT2D eigenvalue weighted by Crippen LogP contribution is -1.97. The first-order chi connectivity index (χ1) is 6.03. The second-order valence-electron chi connectivity index (χ2n) is 2.50. The van der Waals surface area contributed by atoms with Crippen LogP contribution in [0.2, 0.25) is 0 Å². The van der Waals surface area contributed by atoms with Gasteiger partial charge in [-0.2, -0.15) is 8.42 Å². The van der Waals surface area contributed by atoms with Crippen LogP contribution >= 0.6 is 11.8 Å². The Morgan fingerprint density at radius 3 is 2.54 bits per heavy atom. The average Bonchev–Trinajstić information content (AvgIpc) is 2.02. The Balaban J connectivity index is 3.01. The van der Waals surface area contributed by atoms with E-state index in [0.717, 1.165) is 4.90 Å². The summed E-state index contributed by atoms with van der Waals surface area (Å²) in [5, 5.41) is 0. The number of rotatable bonds is 3. The molecule has 0 heterocycles. The first-order valence-electron chi connectivity index (χ1n) is 3.57. The summed E-state index contributed by atoms with van der Waals surface area (Å²) < 4.78 is 33.1. The Hall–Kier alpha value is -0.550. The Kier molecular flexibility index (Phi) is 3.33. The average molecular weight is 220 g/mol. The van der Waals surface area contributed by atoms with Crippen LogP contribution in [0.1, 0.15) is 5.56 Å². The summed E-state index contributed by atoms with van der Waals surface area (Å²) in [7, 11) is -4.42. The van der Waals surface area contributed by atoms with Gasteiger partial charge in [0.15, 0.2) is 0 Å². The summed E-state index contributed by atoms with van der Waals surface area (Å²) in [5.41, 5.74) is 0.512. The lowest BCUT2D eigenvalue weighted by atomic mass is 10.2. The minimum absolute atomic E-state index is 0.512. The maximum atomic E-state index is 12.4. The molecule has 0 aliphatic heterocycles. The van der Waals surface area contributed by atoms with E-state index in [0.29, 0.717) is 5.56 Å². The number of benzene rings is 1. The van der Waals surface area contributed by atoms with Crippen LogP contribution in [0.5, 0.6) is 0 Å². The van der Waals surface area contributed by atoms with E-state index < -0.39 is 16.0 Å². The van der Waals surface area contributed by atoms with Crippen molar-refractivity contribution < 1.29 is 12.3 Å². The summed E-state index contributed by atoms with van der Waals surface area (Å²) in [6, 6.07) is 6.87. The fourth-order valence-electron chi connectivity index (χ4n) is 1.01. The molecule has 0 atom stereocenters. The molecule has 1 aromatic carbocycles. The van der Waals surface area contributed by atoms with Crippen LogP contribution in [0.4, 0.5) is 3.89 Å². The van der Waals surface area contributed by atoms with Gasteiger partial charge in [0.05, 0.1) is 0 Å². The highest BCUT2D eigenvalue weighted by Gasteiger charge is 2.11. The highest BCUT2D eigenvalue weighted by Crippen LogP contribution is 2.21. The molecule has 0 saturated heterocycles. The van der Waals surface area contributed by atoms with E-state index in [1.54, 1.807) is 24.3 Å². The van der Waals surface area contributed by atoms with Crippen LogP contribution in [0.15, 0.2) is 29.2 Å². The van der Waals surface area contributed by atoms with Crippen molar-refractivity contribution in [2.24, 2.45) is 0 Å². The van der Waals surface area contributed by atoms with Gasteiger partial charge in [-0.15, -0.1) is 15.6 Å². The molecule has 0 saturated carbocycles. The molecule has 2 nitrogen and oxygen atoms in total. The Bertz CT molecular complexity index is 387. The second kappa shape index (κ2) is 4.11. The van der Waals surface area contributed by atoms with E-state index in [1.165, 1.54) is 11.8 Å². The van der Waals surface area contributed by atoms with Crippen molar-refractivity contribution in [2.75, 3.05) is 6.26 Å². The topological polar surface area (TPSA) is 34.1 Å². The van der Waals surface area contributed by atoms with Gasteiger partial charge < -0.3 is 0 Å². The zero-order valence-electron chi connectivity index (χ0n) is 7.03. The Morgan fingerprint density at radius 1 is 1.38 bits per heavy atom. The van der Waals surface area contributed by atoms with Crippen LogP contribution in [-0.2, 0) is 16.0 Å². The number of hydrogen-bond acceptors (Lipinski definition) is 3. The first-order valence-corrected chi connectivity index (χ1v) is 6.35. The zero-order valence-corrected chi connectivity index (χ0v) is 8.66. The van der Waals surface area contributed by atoms with Gasteiger partial charge in [0.2, 0.25) is 0 Å². The number of halogens is 1. The van der Waals surface area contributed by atoms with Gasteiger partial charge >= 0.3 is 10.2 Å². The summed E-state index contributed by atoms with van der Waals surface area (Å²) in [6.45, 7) is 0. The molecular formula is C8H9FO2S2. The molecule has 0 bridgehead atoms. The van der Waals surface area contributed by atoms with Crippen LogP contribution in [0, 0.1) is 0 Å². The van der Waals surface area contributed by atoms with Crippen molar-refractivity contribution in [2.45, 2.75) is 10.6 Å². The first kappa shape index (κ1) is 10.5. The molecule has 0 unspecified atom stereocenters. The Labute approximate surface area is 81.4 Å². The molecule has 0 fully saturated rings. The van der Waals surface area contributed by atoms with E-state index in [1.807, 2.05) is 6.26 Å². The normalized spacial score (nSPS) is 11.5. The minimum Gasteiger partial charge on any atom is -0.194 e. The minimum atomic E-state index is -4.42. The molecule has 13 heavy (non-hydrogen) atoms. The van der Waals surface area contributed by atoms with E-state index in [9.17, 15) is 12.3 Å². The van der Waals surface area contributed by atoms with Crippen molar-refractivity contribution in [1.29, 1.82) is 0 Å². The van der Waals surface area contributed by atoms with Crippen LogP contribution in [0.25, 0.3) is 0 Å². The maximum absolute atomic E-state index is 12.4. The van der Waals surface area contributed by atoms with Gasteiger partial charge in [0, 0.05) is 4.90 Å². The predicted octanol–water partition coefficient (Wildman–Crippen LogP) is 2.21. The van der Waals surface area contributed by atoms with Crippen molar-refractivity contribution in [3.63, 3.8) is 0 Å². The van der Waals surface area contributed by atoms with Crippen LogP contribution in [-0.4, -0.2) is 14.7 Å². The zero-order chi connectivity index (χ0) is 9.90. The second-order valence-corrected chi connectivity index (χ2v) is 4.71. The fourth-order valence-corrected chi connectivity index (χ4v) is 2.34. The van der Waals surface area contributed by atoms with Gasteiger partial charge in [-0.3, -0.25) is 0 Å². The highest BCUT2D eigenvalue weighted by atomic mass is 32.3. The van der Waals surface area contributed by atoms with E-state index in [4.69, 9.17) is 0 Å². The third-order valence-electron chi connectivity index (χ3n) is 1.52. The monoisotopic (exact) mass is 220 g/mol. The third-order valence-corrected chi connectivity index (χ3v) is 3.01. The van der Waals surface area contributed by atoms with Crippen LogP contribution < -0.4 is 0 Å². The maximum Gasteiger partial charge on any atom is 0.306 e. The molecule has 1 aromatic rings. The van der Waals surface area contributed by atoms with Crippen LogP contribution in [0.3, 0.4) is 0 Å². The van der Waals surface area contributed by atoms with Gasteiger partial charge in [0.25, 0.3) is 0 Å². The molecule has 0 amide bonds. The molecular weight excluding hydrogens is 211 g/mol. The molecule has 0 aromatic heterocycles. The summed E-state index contributed by atoms with van der Waals surface area (Å²) in [6.07, 6.45) is 1.82. The van der Waals surface area contributed by atoms with E-state index in [2.05, 4.69) is 0 Å². The lowest BCUT2D eigenvalue weighted by molar-refractivity contribution is 0.550. The lowest BCUT2D eigenvalue weighted by Gasteiger charge is -2.03. The molecule has 0 radical (unpaired) electrons. The fraction of sp³-hybridized carbons (Fsp3) is 0.250. The summed E-state index contributed by atoms with van der Waals surface area (Å²) >= 11 is 1.40. The molecule has 1 rings (SSSR count). The third kappa shape index (κ3) is 3.36. The molecule has 0 aliphatic rings. The standard InChI is InChI=1S/C8H9FO2S2/c1-12-8-5-3-2-4-7(8)6-13(9,10)11/h2-5H,6H2,1H3. The van der Waals surface area contributed by atoms with Crippen molar-refractivity contribution in [3.8, 4) is 0 Å². The highest BCUT2D eigenvalue weighted by molar-refractivity contribution is 7.98. The van der Waals surface area contributed by atoms with Gasteiger partial charge in [-0.05, 0) is 17.9 Å². The van der Waals surface area contributed by atoms with Crippen molar-refractivity contribution in [1.82, 2.24) is 0 Å². The SMILES string of the molecule is CSc1ccccc1CS(=O)(=O)F. The molecule has 0 spiro atoms. The predicted molar refractivity (Wildman–Crippen MR) is 52.0 cm³/mol. The molecule has 5 heteroatoms.